The maximum Gasteiger partial charge on any atom is 0.472 e. The maximum atomic E-state index is 12.9. The largest absolute Gasteiger partial charge is 0.472 e. The van der Waals surface area contributed by atoms with Gasteiger partial charge in [0, 0.05) is 19.3 Å². The van der Waals surface area contributed by atoms with Gasteiger partial charge in [-0.3, -0.25) is 32.5 Å². The van der Waals surface area contributed by atoms with E-state index in [4.69, 9.17) is 32.3 Å². The predicted molar refractivity (Wildman–Crippen MR) is 371 cm³/mol. The van der Waals surface area contributed by atoms with Gasteiger partial charge < -0.3 is 34.2 Å². The Morgan fingerprint density at radius 2 is 0.582 bits per heavy atom. The number of allylic oxidation sites excluding steroid dienone is 18. The minimum absolute atomic E-state index is 0.0978. The molecule has 0 aromatic carbocycles. The molecule has 0 aliphatic heterocycles. The highest BCUT2D eigenvalue weighted by Gasteiger charge is 2.29. The first-order valence-corrected chi connectivity index (χ1v) is 38.2. The normalized spacial score (nSPS) is 14.8. The molecule has 0 saturated heterocycles. The van der Waals surface area contributed by atoms with E-state index < -0.39 is 91.5 Å². The van der Waals surface area contributed by atoms with Crippen LogP contribution < -0.4 is 0 Å². The Balaban J connectivity index is 4.63. The lowest BCUT2D eigenvalue weighted by atomic mass is 10.0. The lowest BCUT2D eigenvalue weighted by Crippen LogP contribution is -2.30. The van der Waals surface area contributed by atoms with Crippen molar-refractivity contribution in [2.45, 2.75) is 296 Å². The van der Waals surface area contributed by atoms with Crippen molar-refractivity contribution in [3.8, 4) is 0 Å². The number of carbonyl (C=O) groups is 3. The summed E-state index contributed by atoms with van der Waals surface area (Å²) in [5, 5.41) is 20.6. The second-order valence-corrected chi connectivity index (χ2v) is 26.2. The lowest BCUT2D eigenvalue weighted by molar-refractivity contribution is -0.161. The maximum absolute atomic E-state index is 12.9. The average molecular weight is 1320 g/mol. The molecule has 524 valence electrons. The van der Waals surface area contributed by atoms with Gasteiger partial charge in [-0.15, -0.1) is 0 Å². The number of unbranched alkanes of at least 4 members (excludes halogenated alkanes) is 25. The molecule has 0 aromatic heterocycles. The first kappa shape index (κ1) is 87.2. The number of ether oxygens (including phenoxy) is 3. The van der Waals surface area contributed by atoms with Crippen molar-refractivity contribution in [2.75, 3.05) is 39.6 Å². The van der Waals surface area contributed by atoms with Crippen LogP contribution >= 0.6 is 15.6 Å². The molecular formula is C73H126O16P2. The van der Waals surface area contributed by atoms with E-state index in [9.17, 15) is 43.5 Å². The molecule has 0 rings (SSSR count). The number of carbonyl (C=O) groups excluding carboxylic acids is 3. The number of phosphoric ester groups is 2. The summed E-state index contributed by atoms with van der Waals surface area (Å²) in [6.07, 6.45) is 74.2. The first-order valence-electron chi connectivity index (χ1n) is 35.2. The molecule has 0 fully saturated rings. The molecule has 0 aliphatic rings. The number of phosphoric acid groups is 2. The summed E-state index contributed by atoms with van der Waals surface area (Å²) in [4.78, 5) is 58.4. The number of aliphatic hydroxyl groups is 2. The van der Waals surface area contributed by atoms with E-state index in [-0.39, 0.29) is 19.3 Å². The van der Waals surface area contributed by atoms with Crippen LogP contribution in [0.25, 0.3) is 0 Å². The van der Waals surface area contributed by atoms with Crippen LogP contribution in [0, 0.1) is 0 Å². The number of aliphatic hydroxyl groups excluding tert-OH is 2. The molecular weight excluding hydrogens is 1190 g/mol. The highest BCUT2D eigenvalue weighted by Crippen LogP contribution is 2.45. The Morgan fingerprint density at radius 3 is 0.956 bits per heavy atom. The van der Waals surface area contributed by atoms with Gasteiger partial charge in [0.1, 0.15) is 25.4 Å². The van der Waals surface area contributed by atoms with Crippen molar-refractivity contribution >= 4 is 33.6 Å². The Labute approximate surface area is 551 Å². The van der Waals surface area contributed by atoms with Crippen molar-refractivity contribution in [3.63, 3.8) is 0 Å². The minimum atomic E-state index is -4.93. The van der Waals surface area contributed by atoms with Crippen molar-refractivity contribution in [1.82, 2.24) is 0 Å². The second-order valence-electron chi connectivity index (χ2n) is 23.3. The third kappa shape index (κ3) is 67.4. The van der Waals surface area contributed by atoms with Gasteiger partial charge in [0.15, 0.2) is 6.10 Å². The lowest BCUT2D eigenvalue weighted by Gasteiger charge is -2.21. The summed E-state index contributed by atoms with van der Waals surface area (Å²) in [5.74, 6) is -1.62. The summed E-state index contributed by atoms with van der Waals surface area (Å²) in [6, 6.07) is 0. The molecule has 16 nitrogen and oxygen atoms in total. The summed E-state index contributed by atoms with van der Waals surface area (Å²) in [6.45, 7) is 2.48. The Morgan fingerprint density at radius 1 is 0.319 bits per heavy atom. The van der Waals surface area contributed by atoms with Gasteiger partial charge in [-0.1, -0.05) is 259 Å². The topological polar surface area (TPSA) is 231 Å². The predicted octanol–water partition coefficient (Wildman–Crippen LogP) is 19.6. The van der Waals surface area contributed by atoms with Crippen LogP contribution in [-0.4, -0.2) is 95.9 Å². The molecule has 5 atom stereocenters. The van der Waals surface area contributed by atoms with Gasteiger partial charge in [0.25, 0.3) is 0 Å². The monoisotopic (exact) mass is 1320 g/mol. The molecule has 0 bridgehead atoms. The molecule has 0 radical (unpaired) electrons. The highest BCUT2D eigenvalue weighted by molar-refractivity contribution is 7.47. The molecule has 91 heavy (non-hydrogen) atoms. The smallest absolute Gasteiger partial charge is 0.463 e. The van der Waals surface area contributed by atoms with E-state index in [2.05, 4.69) is 130 Å². The summed E-state index contributed by atoms with van der Waals surface area (Å²) < 4.78 is 60.9. The van der Waals surface area contributed by atoms with E-state index in [1.54, 1.807) is 0 Å². The van der Waals surface area contributed by atoms with E-state index >= 15 is 0 Å². The van der Waals surface area contributed by atoms with Crippen molar-refractivity contribution in [1.29, 1.82) is 0 Å². The fourth-order valence-corrected chi connectivity index (χ4v) is 10.7. The molecule has 18 heteroatoms. The van der Waals surface area contributed by atoms with Crippen LogP contribution in [0.1, 0.15) is 278 Å². The van der Waals surface area contributed by atoms with Crippen LogP contribution in [0.3, 0.4) is 0 Å². The molecule has 0 aromatic rings. The fourth-order valence-electron chi connectivity index (χ4n) is 9.11. The third-order valence-electron chi connectivity index (χ3n) is 14.5. The Kier molecular flexibility index (Phi) is 63.5. The Bertz CT molecular complexity index is 2100. The van der Waals surface area contributed by atoms with E-state index in [0.29, 0.717) is 19.3 Å². The number of esters is 3. The SMILES string of the molecule is CC/C=C\C/C=C\C/C=C\C/C=C\C/C=C\CCCCCC(=O)OCC(COP(=O)(O)OCC(O)COP(=O)(O)OCC(O)COC(=O)CCCCCCCCC/C=C\C/C=C\C/C=C\C/C=C\CCCCC)OC(=O)CCCCCCCCCCCCCCC. The molecule has 0 saturated carbocycles. The summed E-state index contributed by atoms with van der Waals surface area (Å²) in [5.41, 5.74) is 0. The van der Waals surface area contributed by atoms with Gasteiger partial charge in [-0.2, -0.15) is 0 Å². The quantitative estimate of drug-likeness (QED) is 0.0146. The first-order chi connectivity index (χ1) is 44.2. The minimum Gasteiger partial charge on any atom is -0.463 e. The number of hydrogen-bond donors (Lipinski definition) is 4. The number of rotatable bonds is 66. The molecule has 0 heterocycles. The van der Waals surface area contributed by atoms with E-state index in [0.717, 1.165) is 141 Å². The molecule has 0 amide bonds. The van der Waals surface area contributed by atoms with Crippen LogP contribution in [0.2, 0.25) is 0 Å². The summed E-state index contributed by atoms with van der Waals surface area (Å²) in [7, 11) is -9.79. The van der Waals surface area contributed by atoms with Gasteiger partial charge in [-0.25, -0.2) is 9.13 Å². The third-order valence-corrected chi connectivity index (χ3v) is 16.4. The zero-order valence-corrected chi connectivity index (χ0v) is 58.5. The van der Waals surface area contributed by atoms with Crippen molar-refractivity contribution in [2.24, 2.45) is 0 Å². The molecule has 5 unspecified atom stereocenters. The average Bonchev–Trinajstić information content (AvgIpc) is 3.74. The standard InChI is InChI=1S/C73H126O16P2/c1-4-7-10-13-16-19-22-25-27-29-31-32-33-34-36-38-39-42-44-47-50-53-56-59-71(76)83-62-68(74)63-85-90(79,80)86-64-69(75)65-87-91(81,82)88-67-70(89-73(78)61-58-55-52-49-46-41-24-21-18-15-12-9-6-3)66-84-72(77)60-57-54-51-48-45-43-40-37-35-30-28-26-23-20-17-14-11-8-5-2/h8,11,16-17,19-20,25-28,31-32,34-37,43,45,68-70,74-75H,4-7,9-10,12-15,18,21-24,29-30,33,38-42,44,46-67H2,1-3H3,(H,79,80)(H,81,82)/b11-8-,19-16-,20-17-,27-25-,28-26-,32-31-,36-34-,37-35-,45-43-. The van der Waals surface area contributed by atoms with Crippen LogP contribution in [0.15, 0.2) is 109 Å². The molecule has 4 N–H and O–H groups in total. The fraction of sp³-hybridized carbons (Fsp3) is 0.712. The molecule has 0 aliphatic carbocycles. The zero-order chi connectivity index (χ0) is 66.7. The van der Waals surface area contributed by atoms with Crippen LogP contribution in [0.5, 0.6) is 0 Å². The molecule has 0 spiro atoms. The van der Waals surface area contributed by atoms with Gasteiger partial charge >= 0.3 is 33.6 Å². The zero-order valence-electron chi connectivity index (χ0n) is 56.7. The van der Waals surface area contributed by atoms with Gasteiger partial charge in [0.2, 0.25) is 0 Å². The Hall–Kier alpha value is -3.79. The summed E-state index contributed by atoms with van der Waals surface area (Å²) >= 11 is 0. The van der Waals surface area contributed by atoms with Crippen LogP contribution in [-0.2, 0) is 55.8 Å². The van der Waals surface area contributed by atoms with Crippen molar-refractivity contribution in [3.05, 3.63) is 109 Å². The van der Waals surface area contributed by atoms with Crippen LogP contribution in [0.4, 0.5) is 0 Å². The highest BCUT2D eigenvalue weighted by atomic mass is 31.2. The van der Waals surface area contributed by atoms with E-state index in [1.165, 1.54) is 77.0 Å². The van der Waals surface area contributed by atoms with Gasteiger partial charge in [-0.05, 0) is 109 Å². The van der Waals surface area contributed by atoms with Crippen molar-refractivity contribution < 1.29 is 75.8 Å². The second kappa shape index (κ2) is 66.2. The van der Waals surface area contributed by atoms with Gasteiger partial charge in [0.05, 0.1) is 26.4 Å². The number of hydrogen-bond acceptors (Lipinski definition) is 14. The van der Waals surface area contributed by atoms with E-state index in [1.807, 2.05) is 0 Å².